The lowest BCUT2D eigenvalue weighted by atomic mass is 10.1. The number of rotatable bonds is 7. The lowest BCUT2D eigenvalue weighted by molar-refractivity contribution is -0.113. The summed E-state index contributed by atoms with van der Waals surface area (Å²) in [6.45, 7) is 7.47. The number of hydrogen-bond donors (Lipinski definition) is 1. The Morgan fingerprint density at radius 2 is 2.07 bits per heavy atom. The summed E-state index contributed by atoms with van der Waals surface area (Å²) >= 11 is 2.42. The molecule has 3 heterocycles. The first-order valence-electron chi connectivity index (χ1n) is 8.36. The van der Waals surface area contributed by atoms with E-state index in [4.69, 9.17) is 13.7 Å². The van der Waals surface area contributed by atoms with Crippen LogP contribution in [0.25, 0.3) is 11.6 Å². The first kappa shape index (κ1) is 20.1. The van der Waals surface area contributed by atoms with Crippen molar-refractivity contribution in [2.24, 2.45) is 0 Å². The number of nitrogens with zero attached hydrogens (tertiary/aromatic N) is 3. The summed E-state index contributed by atoms with van der Waals surface area (Å²) < 4.78 is 15.5. The van der Waals surface area contributed by atoms with Crippen molar-refractivity contribution in [1.82, 2.24) is 15.4 Å². The number of esters is 1. The molecule has 0 bridgehead atoms. The molecule has 28 heavy (non-hydrogen) atoms. The van der Waals surface area contributed by atoms with Gasteiger partial charge in [-0.15, -0.1) is 21.5 Å². The van der Waals surface area contributed by atoms with Crippen LogP contribution < -0.4 is 5.32 Å². The molecule has 0 aliphatic heterocycles. The van der Waals surface area contributed by atoms with Crippen LogP contribution in [0, 0.1) is 20.8 Å². The molecule has 148 valence electrons. The molecule has 0 aliphatic carbocycles. The Morgan fingerprint density at radius 3 is 2.75 bits per heavy atom. The van der Waals surface area contributed by atoms with Gasteiger partial charge < -0.3 is 19.0 Å². The van der Waals surface area contributed by atoms with Crippen molar-refractivity contribution in [3.63, 3.8) is 0 Å². The summed E-state index contributed by atoms with van der Waals surface area (Å²) in [5.74, 6) is 0.137. The van der Waals surface area contributed by atoms with E-state index in [1.165, 1.54) is 11.3 Å². The van der Waals surface area contributed by atoms with Crippen LogP contribution >= 0.6 is 23.1 Å². The van der Waals surface area contributed by atoms with Crippen molar-refractivity contribution in [3.8, 4) is 11.6 Å². The Bertz CT molecular complexity index is 1010. The lowest BCUT2D eigenvalue weighted by Crippen LogP contribution is -2.16. The minimum atomic E-state index is -0.447. The van der Waals surface area contributed by atoms with Crippen LogP contribution in [-0.4, -0.2) is 39.6 Å². The molecule has 3 rings (SSSR count). The van der Waals surface area contributed by atoms with Gasteiger partial charge in [-0.2, -0.15) is 0 Å². The highest BCUT2D eigenvalue weighted by Gasteiger charge is 2.22. The zero-order valence-electron chi connectivity index (χ0n) is 15.7. The van der Waals surface area contributed by atoms with Gasteiger partial charge in [0, 0.05) is 10.9 Å². The fraction of sp³-hybridized carbons (Fsp3) is 0.353. The maximum absolute atomic E-state index is 12.3. The summed E-state index contributed by atoms with van der Waals surface area (Å²) in [5, 5.41) is 15.0. The molecule has 0 fully saturated rings. The maximum Gasteiger partial charge on any atom is 0.341 e. The van der Waals surface area contributed by atoms with Crippen LogP contribution in [0.4, 0.5) is 5.00 Å². The van der Waals surface area contributed by atoms with Crippen LogP contribution in [0.2, 0.25) is 0 Å². The number of aryl methyl sites for hydroxylation is 2. The van der Waals surface area contributed by atoms with Gasteiger partial charge in [-0.25, -0.2) is 4.79 Å². The summed E-state index contributed by atoms with van der Waals surface area (Å²) in [6.07, 6.45) is 0. The summed E-state index contributed by atoms with van der Waals surface area (Å²) in [5.41, 5.74) is 1.63. The summed E-state index contributed by atoms with van der Waals surface area (Å²) in [7, 11) is 0. The van der Waals surface area contributed by atoms with E-state index in [2.05, 4.69) is 20.7 Å². The quantitative estimate of drug-likeness (QED) is 0.449. The third-order valence-electron chi connectivity index (χ3n) is 3.70. The summed E-state index contributed by atoms with van der Waals surface area (Å²) in [6, 6.07) is 1.67. The highest BCUT2D eigenvalue weighted by atomic mass is 32.2. The second kappa shape index (κ2) is 8.57. The third-order valence-corrected chi connectivity index (χ3v) is 5.64. The van der Waals surface area contributed by atoms with Crippen LogP contribution in [0.3, 0.4) is 0 Å². The van der Waals surface area contributed by atoms with Crippen molar-refractivity contribution in [1.29, 1.82) is 0 Å². The number of carbonyl (C=O) groups excluding carboxylic acids is 2. The van der Waals surface area contributed by atoms with Crippen molar-refractivity contribution in [2.45, 2.75) is 32.9 Å². The standard InChI is InChI=1S/C17H18N4O5S2/c1-5-24-16(23)13-9(3)10(4)28-15(13)18-12(22)7-27-17-20-19-14(25-17)11-6-8(2)26-21-11/h6H,5,7H2,1-4H3,(H,18,22). The fourth-order valence-electron chi connectivity index (χ4n) is 2.29. The topological polar surface area (TPSA) is 120 Å². The monoisotopic (exact) mass is 422 g/mol. The van der Waals surface area contributed by atoms with E-state index in [-0.39, 0.29) is 29.4 Å². The van der Waals surface area contributed by atoms with Crippen LogP contribution in [0.1, 0.15) is 33.5 Å². The highest BCUT2D eigenvalue weighted by molar-refractivity contribution is 7.99. The van der Waals surface area contributed by atoms with E-state index in [1.807, 2.05) is 13.8 Å². The van der Waals surface area contributed by atoms with E-state index in [0.29, 0.717) is 22.0 Å². The second-order valence-corrected chi connectivity index (χ2v) is 7.89. The number of aromatic nitrogens is 3. The molecular formula is C17H18N4O5S2. The van der Waals surface area contributed by atoms with Gasteiger partial charge in [0.05, 0.1) is 17.9 Å². The predicted octanol–water partition coefficient (Wildman–Crippen LogP) is 3.62. The minimum Gasteiger partial charge on any atom is -0.462 e. The maximum atomic E-state index is 12.3. The van der Waals surface area contributed by atoms with Crippen LogP contribution in [-0.2, 0) is 9.53 Å². The van der Waals surface area contributed by atoms with Crippen molar-refractivity contribution >= 4 is 40.0 Å². The van der Waals surface area contributed by atoms with Gasteiger partial charge in [-0.1, -0.05) is 16.9 Å². The molecule has 1 amide bonds. The molecule has 9 nitrogen and oxygen atoms in total. The SMILES string of the molecule is CCOC(=O)c1c(NC(=O)CSc2nnc(-c3cc(C)on3)o2)sc(C)c1C. The van der Waals surface area contributed by atoms with Gasteiger partial charge in [0.15, 0.2) is 5.69 Å². The molecule has 0 atom stereocenters. The molecule has 0 aromatic carbocycles. The number of nitrogens with one attached hydrogen (secondary N) is 1. The first-order chi connectivity index (χ1) is 13.4. The Labute approximate surface area is 168 Å². The molecule has 0 aliphatic rings. The van der Waals surface area contributed by atoms with Crippen molar-refractivity contribution < 1.29 is 23.3 Å². The molecule has 1 N–H and O–H groups in total. The zero-order chi connectivity index (χ0) is 20.3. The fourth-order valence-corrected chi connectivity index (χ4v) is 3.92. The molecule has 11 heteroatoms. The zero-order valence-corrected chi connectivity index (χ0v) is 17.3. The van der Waals surface area contributed by atoms with Crippen molar-refractivity contribution in [2.75, 3.05) is 17.7 Å². The molecular weight excluding hydrogens is 404 g/mol. The van der Waals surface area contributed by atoms with E-state index < -0.39 is 5.97 Å². The number of thioether (sulfide) groups is 1. The number of thiophene rings is 1. The number of amides is 1. The lowest BCUT2D eigenvalue weighted by Gasteiger charge is -2.06. The van der Waals surface area contributed by atoms with Gasteiger partial charge in [0.2, 0.25) is 5.91 Å². The number of ether oxygens (including phenoxy) is 1. The van der Waals surface area contributed by atoms with Gasteiger partial charge in [-0.3, -0.25) is 4.79 Å². The molecule has 0 saturated heterocycles. The van der Waals surface area contributed by atoms with E-state index in [9.17, 15) is 9.59 Å². The molecule has 3 aromatic heterocycles. The summed E-state index contributed by atoms with van der Waals surface area (Å²) in [4.78, 5) is 25.4. The molecule has 0 unspecified atom stereocenters. The van der Waals surface area contributed by atoms with E-state index in [0.717, 1.165) is 22.2 Å². The average molecular weight is 422 g/mol. The minimum absolute atomic E-state index is 0.0394. The largest absolute Gasteiger partial charge is 0.462 e. The molecule has 0 saturated carbocycles. The van der Waals surface area contributed by atoms with Crippen LogP contribution in [0.5, 0.6) is 0 Å². The highest BCUT2D eigenvalue weighted by Crippen LogP contribution is 2.33. The number of anilines is 1. The second-order valence-electron chi connectivity index (χ2n) is 5.74. The average Bonchev–Trinajstić information content (AvgIpc) is 3.34. The van der Waals surface area contributed by atoms with Crippen LogP contribution in [0.15, 0.2) is 20.2 Å². The Morgan fingerprint density at radius 1 is 1.29 bits per heavy atom. The number of carbonyl (C=O) groups is 2. The van der Waals surface area contributed by atoms with Crippen molar-refractivity contribution in [3.05, 3.63) is 27.8 Å². The Hall–Kier alpha value is -2.66. The number of hydrogen-bond acceptors (Lipinski definition) is 10. The molecule has 3 aromatic rings. The predicted molar refractivity (Wildman–Crippen MR) is 104 cm³/mol. The first-order valence-corrected chi connectivity index (χ1v) is 10.2. The smallest absolute Gasteiger partial charge is 0.341 e. The van der Waals surface area contributed by atoms with E-state index >= 15 is 0 Å². The van der Waals surface area contributed by atoms with Gasteiger partial charge >= 0.3 is 5.97 Å². The van der Waals surface area contributed by atoms with E-state index in [1.54, 1.807) is 19.9 Å². The molecule has 0 radical (unpaired) electrons. The van der Waals surface area contributed by atoms with Gasteiger partial charge in [-0.05, 0) is 33.3 Å². The Balaban J connectivity index is 1.63. The normalized spacial score (nSPS) is 10.9. The molecule has 0 spiro atoms. The third kappa shape index (κ3) is 4.42. The Kier molecular flexibility index (Phi) is 6.15. The van der Waals surface area contributed by atoms with Gasteiger partial charge in [0.25, 0.3) is 11.1 Å². The van der Waals surface area contributed by atoms with Gasteiger partial charge in [0.1, 0.15) is 10.8 Å².